The van der Waals surface area contributed by atoms with Crippen molar-refractivity contribution in [1.82, 2.24) is 9.97 Å². The van der Waals surface area contributed by atoms with E-state index < -0.39 is 11.5 Å². The molecule has 0 unspecified atom stereocenters. The van der Waals surface area contributed by atoms with Gasteiger partial charge in [-0.3, -0.25) is 4.79 Å². The number of halogens is 3. The van der Waals surface area contributed by atoms with Crippen molar-refractivity contribution in [3.8, 4) is 11.3 Å². The maximum atomic E-state index is 12.6. The van der Waals surface area contributed by atoms with Crippen LogP contribution in [-0.4, -0.2) is 33.1 Å². The molecule has 0 aliphatic carbocycles. The summed E-state index contributed by atoms with van der Waals surface area (Å²) in [5.74, 6) is -0.692. The summed E-state index contributed by atoms with van der Waals surface area (Å²) >= 11 is -0.210. The lowest BCUT2D eigenvalue weighted by Gasteiger charge is -2.12. The molecule has 3 rings (SSSR count). The number of carboxylic acids is 1. The standard InChI is InChI=1S/C19H15F3N4O2S/c20-19(21,22)29-14-8-4-7-13(9-14)24-16-10-15(12-5-2-1-3-6-12)25-18(26-16)23-11-17(27)28/h1-10H,11H2,(H,27,28)(H2,23,24,25,26). The molecule has 0 aliphatic rings. The highest BCUT2D eigenvalue weighted by atomic mass is 32.2. The van der Waals surface area contributed by atoms with Gasteiger partial charge in [-0.15, -0.1) is 0 Å². The molecule has 3 aromatic rings. The van der Waals surface area contributed by atoms with Crippen molar-refractivity contribution in [2.45, 2.75) is 10.4 Å². The number of benzene rings is 2. The molecule has 1 aromatic heterocycles. The normalized spacial score (nSPS) is 11.1. The summed E-state index contributed by atoms with van der Waals surface area (Å²) in [4.78, 5) is 19.4. The number of carboxylic acid groups (broad SMARTS) is 1. The van der Waals surface area contributed by atoms with Gasteiger partial charge in [0.2, 0.25) is 5.95 Å². The second-order valence-corrected chi connectivity index (χ2v) is 6.91. The van der Waals surface area contributed by atoms with Crippen molar-refractivity contribution < 1.29 is 23.1 Å². The Morgan fingerprint density at radius 1 is 1.03 bits per heavy atom. The SMILES string of the molecule is O=C(O)CNc1nc(Nc2cccc(SC(F)(F)F)c2)cc(-c2ccccc2)n1. The van der Waals surface area contributed by atoms with E-state index >= 15 is 0 Å². The minimum Gasteiger partial charge on any atom is -0.480 e. The minimum absolute atomic E-state index is 0.0315. The van der Waals surface area contributed by atoms with Crippen LogP contribution in [-0.2, 0) is 4.79 Å². The van der Waals surface area contributed by atoms with Gasteiger partial charge in [-0.2, -0.15) is 18.2 Å². The van der Waals surface area contributed by atoms with E-state index in [4.69, 9.17) is 5.11 Å². The molecule has 0 atom stereocenters. The third-order valence-corrected chi connectivity index (χ3v) is 4.25. The third-order valence-electron chi connectivity index (χ3n) is 3.53. The minimum atomic E-state index is -4.39. The lowest BCUT2D eigenvalue weighted by Crippen LogP contribution is -2.15. The Morgan fingerprint density at radius 2 is 1.79 bits per heavy atom. The zero-order valence-electron chi connectivity index (χ0n) is 14.8. The van der Waals surface area contributed by atoms with Gasteiger partial charge in [0.05, 0.1) is 5.69 Å². The average Bonchev–Trinajstić information content (AvgIpc) is 2.66. The number of thioether (sulfide) groups is 1. The summed E-state index contributed by atoms with van der Waals surface area (Å²) in [5, 5.41) is 14.4. The number of alkyl halides is 3. The summed E-state index contributed by atoms with van der Waals surface area (Å²) in [6.45, 7) is -0.380. The fourth-order valence-corrected chi connectivity index (χ4v) is 3.02. The molecule has 3 N–H and O–H groups in total. The average molecular weight is 420 g/mol. The molecule has 0 radical (unpaired) electrons. The Kier molecular flexibility index (Phi) is 6.23. The van der Waals surface area contributed by atoms with E-state index in [-0.39, 0.29) is 29.2 Å². The summed E-state index contributed by atoms with van der Waals surface area (Å²) < 4.78 is 37.8. The number of hydrogen-bond donors (Lipinski definition) is 3. The number of anilines is 3. The highest BCUT2D eigenvalue weighted by Gasteiger charge is 2.29. The second kappa shape index (κ2) is 8.82. The van der Waals surface area contributed by atoms with Gasteiger partial charge in [-0.25, -0.2) is 4.98 Å². The van der Waals surface area contributed by atoms with E-state index in [2.05, 4.69) is 20.6 Å². The van der Waals surface area contributed by atoms with Crippen LogP contribution in [0.5, 0.6) is 0 Å². The van der Waals surface area contributed by atoms with Crippen LogP contribution in [0.3, 0.4) is 0 Å². The van der Waals surface area contributed by atoms with Gasteiger partial charge in [-0.05, 0) is 30.0 Å². The highest BCUT2D eigenvalue weighted by molar-refractivity contribution is 8.00. The van der Waals surface area contributed by atoms with Gasteiger partial charge < -0.3 is 15.7 Å². The quantitative estimate of drug-likeness (QED) is 0.464. The van der Waals surface area contributed by atoms with Crippen LogP contribution in [0, 0.1) is 0 Å². The molecule has 150 valence electrons. The highest BCUT2D eigenvalue weighted by Crippen LogP contribution is 2.37. The predicted octanol–water partition coefficient (Wildman–Crippen LogP) is 5.00. The van der Waals surface area contributed by atoms with E-state index in [1.54, 1.807) is 12.1 Å². The molecule has 0 amide bonds. The number of rotatable bonds is 7. The maximum Gasteiger partial charge on any atom is 0.446 e. The second-order valence-electron chi connectivity index (χ2n) is 5.78. The number of nitrogens with one attached hydrogen (secondary N) is 2. The maximum absolute atomic E-state index is 12.6. The molecule has 0 bridgehead atoms. The van der Waals surface area contributed by atoms with Crippen molar-refractivity contribution in [2.24, 2.45) is 0 Å². The Hall–Kier alpha value is -3.27. The molecule has 0 saturated carbocycles. The summed E-state index contributed by atoms with van der Waals surface area (Å²) in [7, 11) is 0. The number of carbonyl (C=O) groups is 1. The fraction of sp³-hybridized carbons (Fsp3) is 0.105. The summed E-state index contributed by atoms with van der Waals surface area (Å²) in [6, 6.07) is 16.6. The number of aliphatic carboxylic acids is 1. The number of nitrogens with zero attached hydrogens (tertiary/aromatic N) is 2. The Labute approximate surface area is 168 Å². The Morgan fingerprint density at radius 3 is 2.48 bits per heavy atom. The molecule has 1 heterocycles. The van der Waals surface area contributed by atoms with E-state index in [1.165, 1.54) is 18.2 Å². The zero-order valence-corrected chi connectivity index (χ0v) is 15.6. The van der Waals surface area contributed by atoms with Crippen LogP contribution in [0.15, 0.2) is 65.6 Å². The van der Waals surface area contributed by atoms with Crippen LogP contribution in [0.2, 0.25) is 0 Å². The monoisotopic (exact) mass is 420 g/mol. The van der Waals surface area contributed by atoms with Crippen molar-refractivity contribution >= 4 is 35.2 Å². The number of aromatic nitrogens is 2. The first-order chi connectivity index (χ1) is 13.8. The molecule has 2 aromatic carbocycles. The van der Waals surface area contributed by atoms with Crippen molar-refractivity contribution in [3.63, 3.8) is 0 Å². The molecule has 0 aliphatic heterocycles. The van der Waals surface area contributed by atoms with Gasteiger partial charge in [0.15, 0.2) is 0 Å². The molecule has 0 saturated heterocycles. The van der Waals surface area contributed by atoms with Gasteiger partial charge >= 0.3 is 11.5 Å². The van der Waals surface area contributed by atoms with Crippen molar-refractivity contribution in [1.29, 1.82) is 0 Å². The van der Waals surface area contributed by atoms with E-state index in [0.29, 0.717) is 17.2 Å². The Balaban J connectivity index is 1.90. The molecule has 10 heteroatoms. The van der Waals surface area contributed by atoms with Crippen molar-refractivity contribution in [2.75, 3.05) is 17.2 Å². The Bertz CT molecular complexity index is 1000. The van der Waals surface area contributed by atoms with Crippen LogP contribution in [0.25, 0.3) is 11.3 Å². The molecule has 6 nitrogen and oxygen atoms in total. The molecular weight excluding hydrogens is 405 g/mol. The van der Waals surface area contributed by atoms with Crippen molar-refractivity contribution in [3.05, 3.63) is 60.7 Å². The number of hydrogen-bond acceptors (Lipinski definition) is 6. The van der Waals surface area contributed by atoms with Gasteiger partial charge in [0, 0.05) is 22.2 Å². The van der Waals surface area contributed by atoms with Crippen LogP contribution < -0.4 is 10.6 Å². The molecule has 0 fully saturated rings. The lowest BCUT2D eigenvalue weighted by atomic mass is 10.1. The third kappa shape index (κ3) is 6.39. The summed E-state index contributed by atoms with van der Waals surface area (Å²) in [6.07, 6.45) is 0. The molecule has 0 spiro atoms. The lowest BCUT2D eigenvalue weighted by molar-refractivity contribution is -0.134. The van der Waals surface area contributed by atoms with Crippen LogP contribution in [0.1, 0.15) is 0 Å². The smallest absolute Gasteiger partial charge is 0.446 e. The molecular formula is C19H15F3N4O2S. The van der Waals surface area contributed by atoms with Gasteiger partial charge in [0.1, 0.15) is 12.4 Å². The van der Waals surface area contributed by atoms with Gasteiger partial charge in [-0.1, -0.05) is 36.4 Å². The van der Waals surface area contributed by atoms with Crippen LogP contribution in [0.4, 0.5) is 30.6 Å². The zero-order chi connectivity index (χ0) is 20.9. The summed E-state index contributed by atoms with van der Waals surface area (Å²) in [5.41, 5.74) is -2.68. The van der Waals surface area contributed by atoms with Crippen LogP contribution >= 0.6 is 11.8 Å². The molecule has 29 heavy (non-hydrogen) atoms. The van der Waals surface area contributed by atoms with E-state index in [0.717, 1.165) is 5.56 Å². The largest absolute Gasteiger partial charge is 0.480 e. The fourth-order valence-electron chi connectivity index (χ4n) is 2.42. The van der Waals surface area contributed by atoms with E-state index in [9.17, 15) is 18.0 Å². The topological polar surface area (TPSA) is 87.1 Å². The first kappa shape index (κ1) is 20.5. The first-order valence-corrected chi connectivity index (χ1v) is 9.13. The predicted molar refractivity (Wildman–Crippen MR) is 105 cm³/mol. The first-order valence-electron chi connectivity index (χ1n) is 8.31. The van der Waals surface area contributed by atoms with E-state index in [1.807, 2.05) is 30.3 Å². The van der Waals surface area contributed by atoms with Gasteiger partial charge in [0.25, 0.3) is 0 Å².